The van der Waals surface area contributed by atoms with Gasteiger partial charge in [0.2, 0.25) is 0 Å². The van der Waals surface area contributed by atoms with E-state index in [4.69, 9.17) is 4.52 Å². The second-order valence-electron chi connectivity index (χ2n) is 4.84. The molecule has 2 aromatic rings. The highest BCUT2D eigenvalue weighted by Gasteiger charge is 2.11. The number of anilines is 2. The van der Waals surface area contributed by atoms with E-state index in [2.05, 4.69) is 39.6 Å². The normalized spacial score (nSPS) is 10.6. The molecule has 0 saturated heterocycles. The third kappa shape index (κ3) is 3.78. The second-order valence-corrected chi connectivity index (χ2v) is 4.84. The van der Waals surface area contributed by atoms with Crippen LogP contribution in [0.1, 0.15) is 30.1 Å². The summed E-state index contributed by atoms with van der Waals surface area (Å²) in [6.45, 7) is 6.71. The van der Waals surface area contributed by atoms with Crippen LogP contribution in [0.4, 0.5) is 11.6 Å². The number of carbonyl (C=O) groups excluding carboxylic acids is 1. The van der Waals surface area contributed by atoms with Crippen LogP contribution in [-0.4, -0.2) is 27.6 Å². The Labute approximate surface area is 116 Å². The van der Waals surface area contributed by atoms with Gasteiger partial charge in [-0.1, -0.05) is 19.0 Å². The van der Waals surface area contributed by atoms with E-state index >= 15 is 0 Å². The fraction of sp³-hybridized carbons (Fsp3) is 0.385. The van der Waals surface area contributed by atoms with Crippen LogP contribution in [-0.2, 0) is 0 Å². The Morgan fingerprint density at radius 3 is 2.75 bits per heavy atom. The summed E-state index contributed by atoms with van der Waals surface area (Å²) < 4.78 is 4.88. The van der Waals surface area contributed by atoms with Gasteiger partial charge in [-0.25, -0.2) is 9.97 Å². The van der Waals surface area contributed by atoms with Gasteiger partial charge in [-0.15, -0.1) is 0 Å². The summed E-state index contributed by atoms with van der Waals surface area (Å²) in [5, 5.41) is 9.45. The molecule has 0 atom stereocenters. The molecule has 0 unspecified atom stereocenters. The molecule has 2 aromatic heterocycles. The molecular formula is C13H17N5O2. The first-order chi connectivity index (χ1) is 9.54. The molecule has 1 amide bonds. The zero-order valence-electron chi connectivity index (χ0n) is 11.7. The highest BCUT2D eigenvalue weighted by atomic mass is 16.5. The van der Waals surface area contributed by atoms with E-state index < -0.39 is 0 Å². The van der Waals surface area contributed by atoms with Gasteiger partial charge < -0.3 is 15.2 Å². The minimum Gasteiger partial charge on any atom is -0.370 e. The van der Waals surface area contributed by atoms with Crippen molar-refractivity contribution in [2.75, 3.05) is 17.2 Å². The standard InChI is InChI=1S/C13H17N5O2/c1-8(2)6-14-11-5-10(15-7-16-11)13(19)17-12-4-9(3)20-18-12/h4-5,7-8H,6H2,1-3H3,(H,14,15,16)(H,17,18,19). The number of nitrogens with zero attached hydrogens (tertiary/aromatic N) is 3. The van der Waals surface area contributed by atoms with Gasteiger partial charge in [0.15, 0.2) is 5.82 Å². The Balaban J connectivity index is 2.04. The van der Waals surface area contributed by atoms with Crippen LogP contribution >= 0.6 is 0 Å². The molecule has 0 fully saturated rings. The fourth-order valence-corrected chi connectivity index (χ4v) is 1.49. The van der Waals surface area contributed by atoms with Gasteiger partial charge in [-0.2, -0.15) is 0 Å². The van der Waals surface area contributed by atoms with Crippen LogP contribution < -0.4 is 10.6 Å². The number of rotatable bonds is 5. The molecule has 106 valence electrons. The van der Waals surface area contributed by atoms with Crippen LogP contribution in [0.3, 0.4) is 0 Å². The fourth-order valence-electron chi connectivity index (χ4n) is 1.49. The monoisotopic (exact) mass is 275 g/mol. The molecule has 7 nitrogen and oxygen atoms in total. The Morgan fingerprint density at radius 1 is 1.30 bits per heavy atom. The molecule has 7 heteroatoms. The topological polar surface area (TPSA) is 92.9 Å². The maximum Gasteiger partial charge on any atom is 0.275 e. The van der Waals surface area contributed by atoms with Gasteiger partial charge in [0, 0.05) is 18.7 Å². The lowest BCUT2D eigenvalue weighted by Crippen LogP contribution is -2.15. The number of hydrogen-bond acceptors (Lipinski definition) is 6. The molecule has 0 spiro atoms. The van der Waals surface area contributed by atoms with Crippen molar-refractivity contribution in [2.45, 2.75) is 20.8 Å². The lowest BCUT2D eigenvalue weighted by atomic mass is 10.2. The third-order valence-corrected chi connectivity index (χ3v) is 2.46. The molecule has 2 heterocycles. The summed E-state index contributed by atoms with van der Waals surface area (Å²) in [5.41, 5.74) is 0.270. The molecule has 0 aromatic carbocycles. The highest BCUT2D eigenvalue weighted by molar-refractivity contribution is 6.02. The first-order valence-corrected chi connectivity index (χ1v) is 6.35. The van der Waals surface area contributed by atoms with Crippen molar-refractivity contribution in [3.8, 4) is 0 Å². The van der Waals surface area contributed by atoms with E-state index in [9.17, 15) is 4.79 Å². The molecule has 0 aliphatic carbocycles. The van der Waals surface area contributed by atoms with Gasteiger partial charge in [0.05, 0.1) is 0 Å². The lowest BCUT2D eigenvalue weighted by molar-refractivity contribution is 0.102. The summed E-state index contributed by atoms with van der Waals surface area (Å²) in [5.74, 6) is 1.74. The van der Waals surface area contributed by atoms with Gasteiger partial charge >= 0.3 is 0 Å². The Kier molecular flexibility index (Phi) is 4.29. The van der Waals surface area contributed by atoms with Crippen LogP contribution in [0.2, 0.25) is 0 Å². The van der Waals surface area contributed by atoms with Gasteiger partial charge in [0.25, 0.3) is 5.91 Å². The zero-order valence-corrected chi connectivity index (χ0v) is 11.7. The molecule has 2 N–H and O–H groups in total. The Hall–Kier alpha value is -2.44. The van der Waals surface area contributed by atoms with Crippen molar-refractivity contribution in [1.29, 1.82) is 0 Å². The molecule has 0 bridgehead atoms. The quantitative estimate of drug-likeness (QED) is 0.868. The molecule has 20 heavy (non-hydrogen) atoms. The van der Waals surface area contributed by atoms with Crippen LogP contribution in [0, 0.1) is 12.8 Å². The number of nitrogens with one attached hydrogen (secondary N) is 2. The van der Waals surface area contributed by atoms with Crippen molar-refractivity contribution in [2.24, 2.45) is 5.92 Å². The van der Waals surface area contributed by atoms with Crippen molar-refractivity contribution in [3.05, 3.63) is 29.9 Å². The van der Waals surface area contributed by atoms with E-state index in [-0.39, 0.29) is 11.6 Å². The van der Waals surface area contributed by atoms with Crippen molar-refractivity contribution < 1.29 is 9.32 Å². The van der Waals surface area contributed by atoms with E-state index in [1.54, 1.807) is 19.1 Å². The van der Waals surface area contributed by atoms with E-state index in [1.165, 1.54) is 6.33 Å². The largest absolute Gasteiger partial charge is 0.370 e. The number of aryl methyl sites for hydroxylation is 1. The summed E-state index contributed by atoms with van der Waals surface area (Å²) in [4.78, 5) is 20.0. The maximum absolute atomic E-state index is 12.0. The van der Waals surface area contributed by atoms with E-state index in [1.807, 2.05) is 0 Å². The molecule has 0 radical (unpaired) electrons. The molecule has 0 aliphatic rings. The first kappa shape index (κ1) is 14.0. The summed E-state index contributed by atoms with van der Waals surface area (Å²) in [7, 11) is 0. The van der Waals surface area contributed by atoms with Crippen molar-refractivity contribution in [3.63, 3.8) is 0 Å². The average molecular weight is 275 g/mol. The van der Waals surface area contributed by atoms with Crippen LogP contribution in [0.15, 0.2) is 23.0 Å². The number of hydrogen-bond donors (Lipinski definition) is 2. The van der Waals surface area contributed by atoms with Gasteiger partial charge in [-0.05, 0) is 12.8 Å². The van der Waals surface area contributed by atoms with Gasteiger partial charge in [-0.3, -0.25) is 4.79 Å². The van der Waals surface area contributed by atoms with Gasteiger partial charge in [0.1, 0.15) is 23.6 Å². The Bertz CT molecular complexity index is 594. The minimum atomic E-state index is -0.353. The van der Waals surface area contributed by atoms with E-state index in [0.717, 1.165) is 6.54 Å². The molecule has 2 rings (SSSR count). The summed E-state index contributed by atoms with van der Waals surface area (Å²) in [6, 6.07) is 3.24. The minimum absolute atomic E-state index is 0.270. The molecular weight excluding hydrogens is 258 g/mol. The summed E-state index contributed by atoms with van der Waals surface area (Å²) >= 11 is 0. The first-order valence-electron chi connectivity index (χ1n) is 6.35. The van der Waals surface area contributed by atoms with Crippen molar-refractivity contribution in [1.82, 2.24) is 15.1 Å². The van der Waals surface area contributed by atoms with Crippen molar-refractivity contribution >= 4 is 17.5 Å². The predicted octanol–water partition coefficient (Wildman–Crippen LogP) is 2.09. The van der Waals surface area contributed by atoms with Crippen LogP contribution in [0.5, 0.6) is 0 Å². The number of aromatic nitrogens is 3. The average Bonchev–Trinajstić information content (AvgIpc) is 2.82. The SMILES string of the molecule is Cc1cc(NC(=O)c2cc(NCC(C)C)ncn2)no1. The predicted molar refractivity (Wildman–Crippen MR) is 74.6 cm³/mol. The smallest absolute Gasteiger partial charge is 0.275 e. The second kappa shape index (κ2) is 6.14. The molecule has 0 aliphatic heterocycles. The third-order valence-electron chi connectivity index (χ3n) is 2.46. The van der Waals surface area contributed by atoms with Crippen LogP contribution in [0.25, 0.3) is 0 Å². The summed E-state index contributed by atoms with van der Waals surface area (Å²) in [6.07, 6.45) is 1.35. The number of carbonyl (C=O) groups is 1. The Morgan fingerprint density at radius 2 is 2.10 bits per heavy atom. The molecule has 0 saturated carbocycles. The highest BCUT2D eigenvalue weighted by Crippen LogP contribution is 2.10. The zero-order chi connectivity index (χ0) is 14.5. The number of amides is 1. The maximum atomic E-state index is 12.0. The van der Waals surface area contributed by atoms with E-state index in [0.29, 0.717) is 23.3 Å². The lowest BCUT2D eigenvalue weighted by Gasteiger charge is -2.08.